The maximum Gasteiger partial charge on any atom is 0.303 e. The van der Waals surface area contributed by atoms with Gasteiger partial charge in [-0.15, -0.1) is 0 Å². The molecule has 1 aromatic carbocycles. The third kappa shape index (κ3) is 4.37. The molecule has 1 unspecified atom stereocenters. The third-order valence-corrected chi connectivity index (χ3v) is 2.84. The zero-order valence-electron chi connectivity index (χ0n) is 11.1. The Morgan fingerprint density at radius 1 is 1.29 bits per heavy atom. The van der Waals surface area contributed by atoms with Crippen molar-refractivity contribution in [2.75, 3.05) is 6.54 Å². The monoisotopic (exact) mass is 305 g/mol. The second kappa shape index (κ2) is 6.96. The van der Waals surface area contributed by atoms with Crippen LogP contribution in [0, 0.1) is 23.4 Å². The molecule has 8 heteroatoms. The first-order valence-corrected chi connectivity index (χ1v) is 6.10. The Kier molecular flexibility index (Phi) is 5.57. The maximum absolute atomic E-state index is 13.5. The van der Waals surface area contributed by atoms with E-state index >= 15 is 0 Å². The molecule has 1 amide bonds. The second-order valence-corrected chi connectivity index (χ2v) is 4.63. The van der Waals surface area contributed by atoms with E-state index in [9.17, 15) is 22.8 Å². The smallest absolute Gasteiger partial charge is 0.303 e. The first kappa shape index (κ1) is 16.8. The number of carbonyl (C=O) groups excluding carboxylic acids is 1. The fourth-order valence-electron chi connectivity index (χ4n) is 1.59. The molecular weight excluding hydrogens is 291 g/mol. The Balaban J connectivity index is 2.71. The molecule has 0 aliphatic carbocycles. The van der Waals surface area contributed by atoms with Gasteiger partial charge in [0, 0.05) is 13.0 Å². The van der Waals surface area contributed by atoms with Crippen LogP contribution in [0.5, 0.6) is 5.75 Å². The number of halogens is 3. The fourth-order valence-corrected chi connectivity index (χ4v) is 1.59. The molecular formula is C13H14F3NO4. The second-order valence-electron chi connectivity index (χ2n) is 4.63. The van der Waals surface area contributed by atoms with E-state index in [1.165, 1.54) is 0 Å². The van der Waals surface area contributed by atoms with Crippen LogP contribution in [0.15, 0.2) is 6.07 Å². The van der Waals surface area contributed by atoms with Gasteiger partial charge in [-0.2, -0.15) is 4.39 Å². The topological polar surface area (TPSA) is 86.6 Å². The van der Waals surface area contributed by atoms with Gasteiger partial charge in [-0.05, 0) is 18.4 Å². The van der Waals surface area contributed by atoms with Gasteiger partial charge in [-0.3, -0.25) is 9.59 Å². The van der Waals surface area contributed by atoms with E-state index in [4.69, 9.17) is 10.2 Å². The zero-order valence-corrected chi connectivity index (χ0v) is 11.1. The minimum absolute atomic E-state index is 0.0330. The minimum Gasteiger partial charge on any atom is -0.503 e. The number of carboxylic acid groups (broad SMARTS) is 1. The molecule has 21 heavy (non-hydrogen) atoms. The van der Waals surface area contributed by atoms with Gasteiger partial charge in [0.05, 0.1) is 5.56 Å². The lowest BCUT2D eigenvalue weighted by Crippen LogP contribution is -2.29. The molecule has 0 heterocycles. The van der Waals surface area contributed by atoms with Crippen molar-refractivity contribution in [1.29, 1.82) is 0 Å². The van der Waals surface area contributed by atoms with Crippen LogP contribution in [0.2, 0.25) is 0 Å². The number of carbonyl (C=O) groups is 2. The van der Waals surface area contributed by atoms with Crippen molar-refractivity contribution in [3.8, 4) is 5.75 Å². The van der Waals surface area contributed by atoms with Crippen LogP contribution in [-0.4, -0.2) is 28.6 Å². The van der Waals surface area contributed by atoms with Gasteiger partial charge in [0.25, 0.3) is 5.91 Å². The molecule has 1 rings (SSSR count). The van der Waals surface area contributed by atoms with E-state index in [1.54, 1.807) is 6.92 Å². The van der Waals surface area contributed by atoms with Gasteiger partial charge in [0.2, 0.25) is 5.82 Å². The molecule has 0 spiro atoms. The van der Waals surface area contributed by atoms with E-state index in [2.05, 4.69) is 5.32 Å². The molecule has 1 aromatic rings. The van der Waals surface area contributed by atoms with E-state index < -0.39 is 40.6 Å². The fraction of sp³-hybridized carbons (Fsp3) is 0.385. The van der Waals surface area contributed by atoms with Gasteiger partial charge < -0.3 is 15.5 Å². The number of aliphatic carboxylic acids is 1. The molecule has 0 saturated heterocycles. The molecule has 0 aliphatic rings. The van der Waals surface area contributed by atoms with E-state index in [0.29, 0.717) is 12.5 Å². The molecule has 3 N–H and O–H groups in total. The van der Waals surface area contributed by atoms with Crippen LogP contribution < -0.4 is 5.32 Å². The van der Waals surface area contributed by atoms with Crippen molar-refractivity contribution in [2.45, 2.75) is 19.8 Å². The Morgan fingerprint density at radius 2 is 1.90 bits per heavy atom. The van der Waals surface area contributed by atoms with Crippen molar-refractivity contribution in [3.05, 3.63) is 29.1 Å². The van der Waals surface area contributed by atoms with Gasteiger partial charge in [0.1, 0.15) is 0 Å². The quantitative estimate of drug-likeness (QED) is 0.702. The molecule has 1 atom stereocenters. The SMILES string of the molecule is CC(CCC(=O)O)CNC(=O)c1cc(F)c(F)c(O)c1F. The van der Waals surface area contributed by atoms with E-state index in [-0.39, 0.29) is 18.9 Å². The number of rotatable bonds is 6. The van der Waals surface area contributed by atoms with Crippen molar-refractivity contribution in [2.24, 2.45) is 5.92 Å². The summed E-state index contributed by atoms with van der Waals surface area (Å²) in [4.78, 5) is 22.0. The molecule has 0 aliphatic heterocycles. The maximum atomic E-state index is 13.5. The van der Waals surface area contributed by atoms with Crippen LogP contribution in [0.4, 0.5) is 13.2 Å². The summed E-state index contributed by atoms with van der Waals surface area (Å²) >= 11 is 0. The normalized spacial score (nSPS) is 12.0. The first-order chi connectivity index (χ1) is 9.73. The summed E-state index contributed by atoms with van der Waals surface area (Å²) in [6, 6.07) is 0.349. The largest absolute Gasteiger partial charge is 0.503 e. The average molecular weight is 305 g/mol. The number of carboxylic acids is 1. The summed E-state index contributed by atoms with van der Waals surface area (Å²) in [5, 5.41) is 19.8. The number of hydrogen-bond donors (Lipinski definition) is 3. The Bertz CT molecular complexity index is 563. The minimum atomic E-state index is -1.76. The lowest BCUT2D eigenvalue weighted by atomic mass is 10.1. The summed E-state index contributed by atoms with van der Waals surface area (Å²) in [5.41, 5.74) is -0.822. The number of aromatic hydroxyl groups is 1. The summed E-state index contributed by atoms with van der Waals surface area (Å²) in [5.74, 6) is -8.62. The van der Waals surface area contributed by atoms with Gasteiger partial charge in [-0.1, -0.05) is 6.92 Å². The van der Waals surface area contributed by atoms with E-state index in [1.807, 2.05) is 0 Å². The molecule has 0 aromatic heterocycles. The number of hydrogen-bond acceptors (Lipinski definition) is 3. The number of phenolic OH excluding ortho intramolecular Hbond substituents is 1. The highest BCUT2D eigenvalue weighted by Crippen LogP contribution is 2.25. The zero-order chi connectivity index (χ0) is 16.2. The summed E-state index contributed by atoms with van der Waals surface area (Å²) in [6.45, 7) is 1.70. The van der Waals surface area contributed by atoms with Crippen LogP contribution in [-0.2, 0) is 4.79 Å². The highest BCUT2D eigenvalue weighted by molar-refractivity contribution is 5.94. The van der Waals surface area contributed by atoms with Crippen LogP contribution in [0.25, 0.3) is 0 Å². The molecule has 5 nitrogen and oxygen atoms in total. The predicted octanol–water partition coefficient (Wildman–Crippen LogP) is 2.04. The summed E-state index contributed by atoms with van der Waals surface area (Å²) < 4.78 is 39.4. The van der Waals surface area contributed by atoms with Crippen LogP contribution in [0.1, 0.15) is 30.1 Å². The number of benzene rings is 1. The third-order valence-electron chi connectivity index (χ3n) is 2.84. The summed E-state index contributed by atoms with van der Waals surface area (Å²) in [6.07, 6.45) is 0.207. The molecule has 0 radical (unpaired) electrons. The summed E-state index contributed by atoms with van der Waals surface area (Å²) in [7, 11) is 0. The Labute approximate surface area is 118 Å². The first-order valence-electron chi connectivity index (χ1n) is 6.10. The predicted molar refractivity (Wildman–Crippen MR) is 66.3 cm³/mol. The molecule has 0 bridgehead atoms. The number of nitrogens with one attached hydrogen (secondary N) is 1. The van der Waals surface area contributed by atoms with Crippen molar-refractivity contribution in [3.63, 3.8) is 0 Å². The number of amides is 1. The average Bonchev–Trinajstić information content (AvgIpc) is 2.44. The van der Waals surface area contributed by atoms with Crippen molar-refractivity contribution < 1.29 is 33.0 Å². The number of phenols is 1. The van der Waals surface area contributed by atoms with Gasteiger partial charge >= 0.3 is 5.97 Å². The highest BCUT2D eigenvalue weighted by atomic mass is 19.2. The Morgan fingerprint density at radius 3 is 2.48 bits per heavy atom. The lowest BCUT2D eigenvalue weighted by molar-refractivity contribution is -0.137. The van der Waals surface area contributed by atoms with Crippen LogP contribution in [0.3, 0.4) is 0 Å². The molecule has 116 valence electrons. The van der Waals surface area contributed by atoms with Gasteiger partial charge in [-0.25, -0.2) is 8.78 Å². The highest BCUT2D eigenvalue weighted by Gasteiger charge is 2.22. The van der Waals surface area contributed by atoms with E-state index in [0.717, 1.165) is 0 Å². The Hall–Kier alpha value is -2.25. The molecule has 0 saturated carbocycles. The van der Waals surface area contributed by atoms with Crippen LogP contribution >= 0.6 is 0 Å². The van der Waals surface area contributed by atoms with Gasteiger partial charge in [0.15, 0.2) is 17.4 Å². The molecule has 0 fully saturated rings. The standard InChI is InChI=1S/C13H14F3NO4/c1-6(2-3-9(18)19)5-17-13(21)7-4-8(14)11(16)12(20)10(7)15/h4,6,20H,2-3,5H2,1H3,(H,17,21)(H,18,19). The van der Waals surface area contributed by atoms with Crippen molar-refractivity contribution in [1.82, 2.24) is 5.32 Å². The lowest BCUT2D eigenvalue weighted by Gasteiger charge is -2.12. The van der Waals surface area contributed by atoms with Crippen molar-refractivity contribution >= 4 is 11.9 Å².